The second-order valence-electron chi connectivity index (χ2n) is 7.10. The zero-order valence-electron chi connectivity index (χ0n) is 16.5. The third kappa shape index (κ3) is 6.98. The van der Waals surface area contributed by atoms with Gasteiger partial charge in [0.2, 0.25) is 23.6 Å². The van der Waals surface area contributed by atoms with Gasteiger partial charge >= 0.3 is 5.97 Å². The number of rotatable bonds is 10. The molecule has 1 saturated heterocycles. The number of likely N-dealkylation sites (tertiary alicyclic amines) is 1. The molecule has 12 heteroatoms. The number of hydrogen-bond acceptors (Lipinski definition) is 7. The van der Waals surface area contributed by atoms with E-state index in [-0.39, 0.29) is 19.4 Å². The monoisotopic (exact) mass is 415 g/mol. The zero-order valence-corrected chi connectivity index (χ0v) is 16.5. The molecule has 0 aliphatic carbocycles. The summed E-state index contributed by atoms with van der Waals surface area (Å²) in [6.07, 6.45) is -0.592. The summed E-state index contributed by atoms with van der Waals surface area (Å²) in [5, 5.41) is 23.6. The van der Waals surface area contributed by atoms with Gasteiger partial charge in [0.25, 0.3) is 0 Å². The van der Waals surface area contributed by atoms with E-state index < -0.39 is 59.9 Å². The molecule has 0 saturated carbocycles. The third-order valence-electron chi connectivity index (χ3n) is 4.65. The van der Waals surface area contributed by atoms with Crippen LogP contribution in [0.4, 0.5) is 0 Å². The number of hydrogen-bond donors (Lipinski definition) is 6. The topological polar surface area (TPSA) is 205 Å². The summed E-state index contributed by atoms with van der Waals surface area (Å²) < 4.78 is 0. The van der Waals surface area contributed by atoms with Crippen LogP contribution in [0.1, 0.15) is 39.5 Å². The second kappa shape index (κ2) is 10.7. The lowest BCUT2D eigenvalue weighted by Gasteiger charge is -2.30. The molecule has 5 atom stereocenters. The Morgan fingerprint density at radius 2 is 1.79 bits per heavy atom. The molecule has 12 nitrogen and oxygen atoms in total. The van der Waals surface area contributed by atoms with E-state index in [1.807, 2.05) is 0 Å². The van der Waals surface area contributed by atoms with Crippen LogP contribution in [0.5, 0.6) is 0 Å². The van der Waals surface area contributed by atoms with E-state index in [1.165, 1.54) is 18.7 Å². The normalized spacial score (nSPS) is 20.3. The third-order valence-corrected chi connectivity index (χ3v) is 4.65. The maximum Gasteiger partial charge on any atom is 0.325 e. The van der Waals surface area contributed by atoms with E-state index in [0.29, 0.717) is 12.8 Å². The Morgan fingerprint density at radius 1 is 1.17 bits per heavy atom. The van der Waals surface area contributed by atoms with Crippen LogP contribution in [0.3, 0.4) is 0 Å². The maximum absolute atomic E-state index is 12.9. The SMILES string of the molecule is CC(NC(=O)C1CCCN1C(=O)C(NC(=O)C(N)CCC(N)=O)C(C)O)C(=O)O. The van der Waals surface area contributed by atoms with Crippen LogP contribution in [0.15, 0.2) is 0 Å². The molecule has 1 aliphatic heterocycles. The number of aliphatic carboxylic acids is 1. The van der Waals surface area contributed by atoms with E-state index in [2.05, 4.69) is 10.6 Å². The summed E-state index contributed by atoms with van der Waals surface area (Å²) >= 11 is 0. The molecule has 0 aromatic rings. The van der Waals surface area contributed by atoms with Crippen molar-refractivity contribution in [1.29, 1.82) is 0 Å². The van der Waals surface area contributed by atoms with Gasteiger partial charge in [0.1, 0.15) is 18.1 Å². The van der Waals surface area contributed by atoms with Gasteiger partial charge in [0.05, 0.1) is 12.1 Å². The Labute approximate surface area is 168 Å². The second-order valence-corrected chi connectivity index (χ2v) is 7.10. The van der Waals surface area contributed by atoms with E-state index >= 15 is 0 Å². The smallest absolute Gasteiger partial charge is 0.325 e. The molecule has 1 rings (SSSR count). The molecule has 1 heterocycles. The molecule has 4 amide bonds. The molecular formula is C17H29N5O7. The number of aliphatic hydroxyl groups is 1. The van der Waals surface area contributed by atoms with Gasteiger partial charge in [-0.05, 0) is 33.1 Å². The van der Waals surface area contributed by atoms with E-state index in [9.17, 15) is 29.1 Å². The largest absolute Gasteiger partial charge is 0.480 e. The van der Waals surface area contributed by atoms with Crippen LogP contribution in [0, 0.1) is 0 Å². The first kappa shape index (κ1) is 24.3. The number of nitrogens with one attached hydrogen (secondary N) is 2. The minimum absolute atomic E-state index is 0.0241. The molecule has 0 bridgehead atoms. The lowest BCUT2D eigenvalue weighted by Crippen LogP contribution is -2.59. The predicted octanol–water partition coefficient (Wildman–Crippen LogP) is -2.97. The Hall–Kier alpha value is -2.73. The zero-order chi connectivity index (χ0) is 22.3. The highest BCUT2D eigenvalue weighted by molar-refractivity contribution is 5.94. The van der Waals surface area contributed by atoms with Crippen molar-refractivity contribution in [2.45, 2.75) is 69.8 Å². The molecule has 1 aliphatic rings. The number of amides is 4. The number of nitrogens with two attached hydrogens (primary N) is 2. The summed E-state index contributed by atoms with van der Waals surface area (Å²) in [5.74, 6) is -3.90. The van der Waals surface area contributed by atoms with Crippen molar-refractivity contribution in [3.05, 3.63) is 0 Å². The van der Waals surface area contributed by atoms with Crippen LogP contribution in [-0.2, 0) is 24.0 Å². The highest BCUT2D eigenvalue weighted by atomic mass is 16.4. The first-order chi connectivity index (χ1) is 13.5. The molecule has 29 heavy (non-hydrogen) atoms. The molecule has 164 valence electrons. The first-order valence-electron chi connectivity index (χ1n) is 9.31. The number of carbonyl (C=O) groups is 5. The number of carbonyl (C=O) groups excluding carboxylic acids is 4. The maximum atomic E-state index is 12.9. The molecule has 8 N–H and O–H groups in total. The minimum atomic E-state index is -1.35. The predicted molar refractivity (Wildman–Crippen MR) is 100.0 cm³/mol. The summed E-state index contributed by atoms with van der Waals surface area (Å²) in [6.45, 7) is 2.81. The van der Waals surface area contributed by atoms with Crippen molar-refractivity contribution in [3.8, 4) is 0 Å². The molecule has 1 fully saturated rings. The fraction of sp³-hybridized carbons (Fsp3) is 0.706. The number of aliphatic hydroxyl groups excluding tert-OH is 1. The van der Waals surface area contributed by atoms with E-state index in [1.54, 1.807) is 0 Å². The molecular weight excluding hydrogens is 386 g/mol. The molecule has 0 aromatic heterocycles. The van der Waals surface area contributed by atoms with Crippen LogP contribution in [-0.4, -0.2) is 81.5 Å². The Bertz CT molecular complexity index is 654. The Kier molecular flexibility index (Phi) is 8.98. The summed E-state index contributed by atoms with van der Waals surface area (Å²) in [6, 6.07) is -4.50. The highest BCUT2D eigenvalue weighted by Gasteiger charge is 2.40. The van der Waals surface area contributed by atoms with Gasteiger partial charge in [-0.3, -0.25) is 24.0 Å². The van der Waals surface area contributed by atoms with Gasteiger partial charge in [-0.2, -0.15) is 0 Å². The number of carboxylic acids is 1. The molecule has 0 radical (unpaired) electrons. The van der Waals surface area contributed by atoms with Crippen LogP contribution >= 0.6 is 0 Å². The van der Waals surface area contributed by atoms with Crippen molar-refractivity contribution in [3.63, 3.8) is 0 Å². The fourth-order valence-electron chi connectivity index (χ4n) is 2.93. The Balaban J connectivity index is 2.84. The fourth-order valence-corrected chi connectivity index (χ4v) is 2.93. The van der Waals surface area contributed by atoms with Gasteiger partial charge in [0.15, 0.2) is 0 Å². The van der Waals surface area contributed by atoms with Crippen molar-refractivity contribution in [1.82, 2.24) is 15.5 Å². The molecule has 0 aromatic carbocycles. The van der Waals surface area contributed by atoms with E-state index in [4.69, 9.17) is 16.6 Å². The minimum Gasteiger partial charge on any atom is -0.480 e. The highest BCUT2D eigenvalue weighted by Crippen LogP contribution is 2.19. The quantitative estimate of drug-likeness (QED) is 0.217. The van der Waals surface area contributed by atoms with Crippen molar-refractivity contribution < 1.29 is 34.2 Å². The van der Waals surface area contributed by atoms with Gasteiger partial charge in [-0.15, -0.1) is 0 Å². The average Bonchev–Trinajstić information content (AvgIpc) is 3.12. The van der Waals surface area contributed by atoms with Crippen molar-refractivity contribution >= 4 is 29.6 Å². The number of carboxylic acid groups (broad SMARTS) is 1. The van der Waals surface area contributed by atoms with E-state index in [0.717, 1.165) is 0 Å². The van der Waals surface area contributed by atoms with Crippen LogP contribution < -0.4 is 22.1 Å². The van der Waals surface area contributed by atoms with Gasteiger partial charge in [-0.1, -0.05) is 0 Å². The molecule has 0 spiro atoms. The van der Waals surface area contributed by atoms with Crippen LogP contribution in [0.25, 0.3) is 0 Å². The Morgan fingerprint density at radius 3 is 2.31 bits per heavy atom. The molecule has 5 unspecified atom stereocenters. The van der Waals surface area contributed by atoms with Crippen molar-refractivity contribution in [2.24, 2.45) is 11.5 Å². The summed E-state index contributed by atoms with van der Waals surface area (Å²) in [5.41, 5.74) is 10.7. The summed E-state index contributed by atoms with van der Waals surface area (Å²) in [4.78, 5) is 60.4. The van der Waals surface area contributed by atoms with Gasteiger partial charge < -0.3 is 37.2 Å². The van der Waals surface area contributed by atoms with Gasteiger partial charge in [0, 0.05) is 13.0 Å². The van der Waals surface area contributed by atoms with Crippen LogP contribution in [0.2, 0.25) is 0 Å². The standard InChI is InChI=1S/C17H29N5O7/c1-8(17(28)29)20-15(26)11-4-3-7-22(11)16(27)13(9(2)23)21-14(25)10(18)5-6-12(19)24/h8-11,13,23H,3-7,18H2,1-2H3,(H2,19,24)(H,20,26)(H,21,25)(H,28,29). The average molecular weight is 415 g/mol. The number of primary amides is 1. The first-order valence-corrected chi connectivity index (χ1v) is 9.31. The summed E-state index contributed by atoms with van der Waals surface area (Å²) in [7, 11) is 0. The number of nitrogens with zero attached hydrogens (tertiary/aromatic N) is 1. The lowest BCUT2D eigenvalue weighted by molar-refractivity contribution is -0.145. The van der Waals surface area contributed by atoms with Gasteiger partial charge in [-0.25, -0.2) is 0 Å². The van der Waals surface area contributed by atoms with Crippen molar-refractivity contribution in [2.75, 3.05) is 6.54 Å². The lowest BCUT2D eigenvalue weighted by atomic mass is 10.1.